The molecule has 0 aliphatic carbocycles. The van der Waals surface area contributed by atoms with Crippen molar-refractivity contribution in [1.82, 2.24) is 15.3 Å². The van der Waals surface area contributed by atoms with Crippen molar-refractivity contribution >= 4 is 11.0 Å². The molecule has 17 heavy (non-hydrogen) atoms. The first-order chi connectivity index (χ1) is 8.29. The van der Waals surface area contributed by atoms with Gasteiger partial charge in [0, 0.05) is 26.6 Å². The molecule has 0 amide bonds. The van der Waals surface area contributed by atoms with Crippen LogP contribution in [-0.2, 0) is 11.2 Å². The van der Waals surface area contributed by atoms with Crippen LogP contribution in [0.1, 0.15) is 11.4 Å². The molecular weight excluding hydrogens is 214 g/mol. The Kier molecular flexibility index (Phi) is 4.12. The first-order valence-corrected chi connectivity index (χ1v) is 5.94. The van der Waals surface area contributed by atoms with Gasteiger partial charge in [-0.25, -0.2) is 4.98 Å². The van der Waals surface area contributed by atoms with Crippen molar-refractivity contribution in [2.45, 2.75) is 13.3 Å². The number of aromatic nitrogens is 2. The second kappa shape index (κ2) is 5.80. The highest BCUT2D eigenvalue weighted by Gasteiger charge is 2.02. The van der Waals surface area contributed by atoms with Gasteiger partial charge in [0.05, 0.1) is 17.6 Å². The third-order valence-corrected chi connectivity index (χ3v) is 2.71. The van der Waals surface area contributed by atoms with E-state index in [4.69, 9.17) is 4.74 Å². The maximum Gasteiger partial charge on any atom is 0.108 e. The van der Waals surface area contributed by atoms with Gasteiger partial charge in [0.2, 0.25) is 0 Å². The summed E-state index contributed by atoms with van der Waals surface area (Å²) in [7, 11) is 1.71. The molecule has 2 aromatic rings. The molecule has 0 saturated carbocycles. The van der Waals surface area contributed by atoms with Crippen LogP contribution in [0.25, 0.3) is 11.0 Å². The van der Waals surface area contributed by atoms with E-state index in [1.165, 1.54) is 5.56 Å². The molecule has 0 aliphatic rings. The number of methoxy groups -OCH3 is 1. The van der Waals surface area contributed by atoms with Gasteiger partial charge in [-0.3, -0.25) is 0 Å². The van der Waals surface area contributed by atoms with Crippen molar-refractivity contribution in [2.75, 3.05) is 26.8 Å². The minimum absolute atomic E-state index is 0.749. The topological polar surface area (TPSA) is 49.9 Å². The van der Waals surface area contributed by atoms with E-state index in [1.54, 1.807) is 7.11 Å². The summed E-state index contributed by atoms with van der Waals surface area (Å²) in [6, 6.07) is 6.27. The van der Waals surface area contributed by atoms with E-state index in [0.717, 1.165) is 43.0 Å². The summed E-state index contributed by atoms with van der Waals surface area (Å²) in [5.74, 6) is 1.04. The van der Waals surface area contributed by atoms with E-state index >= 15 is 0 Å². The number of aromatic amines is 1. The lowest BCUT2D eigenvalue weighted by molar-refractivity contribution is 0.199. The van der Waals surface area contributed by atoms with E-state index in [1.807, 2.05) is 0 Å². The van der Waals surface area contributed by atoms with E-state index in [9.17, 15) is 0 Å². The summed E-state index contributed by atoms with van der Waals surface area (Å²) in [6.45, 7) is 4.64. The highest BCUT2D eigenvalue weighted by molar-refractivity contribution is 5.75. The normalized spacial score (nSPS) is 11.2. The Hall–Kier alpha value is -1.39. The molecule has 1 aromatic heterocycles. The van der Waals surface area contributed by atoms with Gasteiger partial charge in [0.1, 0.15) is 5.82 Å². The fourth-order valence-corrected chi connectivity index (χ4v) is 1.80. The molecule has 0 radical (unpaired) electrons. The summed E-state index contributed by atoms with van der Waals surface area (Å²) in [5, 5.41) is 3.31. The molecule has 4 heteroatoms. The Morgan fingerprint density at radius 2 is 2.24 bits per heavy atom. The number of aryl methyl sites for hydroxylation is 1. The summed E-state index contributed by atoms with van der Waals surface area (Å²) < 4.78 is 4.97. The fraction of sp³-hybridized carbons (Fsp3) is 0.462. The van der Waals surface area contributed by atoms with Crippen LogP contribution >= 0.6 is 0 Å². The number of nitrogens with zero attached hydrogens (tertiary/aromatic N) is 1. The average Bonchev–Trinajstić information content (AvgIpc) is 2.70. The second-order valence-corrected chi connectivity index (χ2v) is 4.20. The second-order valence-electron chi connectivity index (χ2n) is 4.20. The smallest absolute Gasteiger partial charge is 0.108 e. The quantitative estimate of drug-likeness (QED) is 0.746. The first-order valence-electron chi connectivity index (χ1n) is 5.94. The molecule has 1 aromatic carbocycles. The molecule has 1 heterocycles. The number of fused-ring (bicyclic) bond motifs is 1. The maximum atomic E-state index is 4.97. The molecule has 0 bridgehead atoms. The van der Waals surface area contributed by atoms with Crippen molar-refractivity contribution in [2.24, 2.45) is 0 Å². The summed E-state index contributed by atoms with van der Waals surface area (Å²) >= 11 is 0. The predicted molar refractivity (Wildman–Crippen MR) is 69.3 cm³/mol. The molecule has 0 atom stereocenters. The van der Waals surface area contributed by atoms with Crippen molar-refractivity contribution in [1.29, 1.82) is 0 Å². The third-order valence-electron chi connectivity index (χ3n) is 2.71. The van der Waals surface area contributed by atoms with Crippen molar-refractivity contribution in [3.8, 4) is 0 Å². The number of H-pyrrole nitrogens is 1. The van der Waals surface area contributed by atoms with Crippen LogP contribution in [0.2, 0.25) is 0 Å². The minimum atomic E-state index is 0.749. The number of hydrogen-bond donors (Lipinski definition) is 2. The van der Waals surface area contributed by atoms with Crippen LogP contribution in [0, 0.1) is 6.92 Å². The summed E-state index contributed by atoms with van der Waals surface area (Å²) in [4.78, 5) is 7.89. The predicted octanol–water partition coefficient (Wildman–Crippen LogP) is 1.65. The molecular formula is C13H19N3O. The van der Waals surface area contributed by atoms with E-state index < -0.39 is 0 Å². The Morgan fingerprint density at radius 1 is 1.35 bits per heavy atom. The molecule has 92 valence electrons. The molecule has 0 aliphatic heterocycles. The van der Waals surface area contributed by atoms with Crippen LogP contribution in [0.3, 0.4) is 0 Å². The van der Waals surface area contributed by atoms with Crippen molar-refractivity contribution < 1.29 is 4.74 Å². The number of imidazole rings is 1. The lowest BCUT2D eigenvalue weighted by Crippen LogP contribution is -2.22. The van der Waals surface area contributed by atoms with Crippen LogP contribution < -0.4 is 5.32 Å². The minimum Gasteiger partial charge on any atom is -0.383 e. The molecule has 0 spiro atoms. The van der Waals surface area contributed by atoms with Gasteiger partial charge in [-0.15, -0.1) is 0 Å². The Morgan fingerprint density at radius 3 is 3.06 bits per heavy atom. The lowest BCUT2D eigenvalue weighted by Gasteiger charge is -2.01. The number of ether oxygens (including phenoxy) is 1. The number of benzene rings is 1. The van der Waals surface area contributed by atoms with Gasteiger partial charge >= 0.3 is 0 Å². The monoisotopic (exact) mass is 233 g/mol. The average molecular weight is 233 g/mol. The fourth-order valence-electron chi connectivity index (χ4n) is 1.80. The Labute approximate surface area is 101 Å². The summed E-state index contributed by atoms with van der Waals surface area (Å²) in [5.41, 5.74) is 3.42. The third kappa shape index (κ3) is 3.28. The molecule has 0 unspecified atom stereocenters. The molecule has 4 nitrogen and oxygen atoms in total. The van der Waals surface area contributed by atoms with E-state index in [-0.39, 0.29) is 0 Å². The Balaban J connectivity index is 1.91. The maximum absolute atomic E-state index is 4.97. The highest BCUT2D eigenvalue weighted by atomic mass is 16.5. The molecule has 2 rings (SSSR count). The van der Waals surface area contributed by atoms with E-state index in [0.29, 0.717) is 0 Å². The van der Waals surface area contributed by atoms with Gasteiger partial charge in [-0.05, 0) is 24.6 Å². The van der Waals surface area contributed by atoms with Gasteiger partial charge < -0.3 is 15.0 Å². The first kappa shape index (κ1) is 12.1. The highest BCUT2D eigenvalue weighted by Crippen LogP contribution is 2.13. The van der Waals surface area contributed by atoms with Crippen LogP contribution in [0.4, 0.5) is 0 Å². The van der Waals surface area contributed by atoms with E-state index in [2.05, 4.69) is 40.4 Å². The van der Waals surface area contributed by atoms with Crippen molar-refractivity contribution in [3.05, 3.63) is 29.6 Å². The standard InChI is InChI=1S/C13H19N3O/c1-10-3-4-11-12(9-10)16-13(15-11)5-6-14-7-8-17-2/h3-4,9,14H,5-8H2,1-2H3,(H,15,16). The number of hydrogen-bond acceptors (Lipinski definition) is 3. The van der Waals surface area contributed by atoms with Gasteiger partial charge in [-0.2, -0.15) is 0 Å². The van der Waals surface area contributed by atoms with Crippen LogP contribution in [-0.4, -0.2) is 36.8 Å². The SMILES string of the molecule is COCCNCCc1nc2ccc(C)cc2[nH]1. The molecule has 0 fully saturated rings. The molecule has 2 N–H and O–H groups in total. The van der Waals surface area contributed by atoms with Crippen LogP contribution in [0.15, 0.2) is 18.2 Å². The zero-order valence-electron chi connectivity index (χ0n) is 10.4. The van der Waals surface area contributed by atoms with Gasteiger partial charge in [0.25, 0.3) is 0 Å². The van der Waals surface area contributed by atoms with Gasteiger partial charge in [0.15, 0.2) is 0 Å². The number of rotatable bonds is 6. The zero-order chi connectivity index (χ0) is 12.1. The number of nitrogens with one attached hydrogen (secondary N) is 2. The summed E-state index contributed by atoms with van der Waals surface area (Å²) in [6.07, 6.45) is 0.914. The van der Waals surface area contributed by atoms with Gasteiger partial charge in [-0.1, -0.05) is 6.07 Å². The van der Waals surface area contributed by atoms with Crippen LogP contribution in [0.5, 0.6) is 0 Å². The van der Waals surface area contributed by atoms with Crippen molar-refractivity contribution in [3.63, 3.8) is 0 Å². The molecule has 0 saturated heterocycles. The lowest BCUT2D eigenvalue weighted by atomic mass is 10.2. The Bertz CT molecular complexity index is 478. The zero-order valence-corrected chi connectivity index (χ0v) is 10.4. The largest absolute Gasteiger partial charge is 0.383 e.